The third kappa shape index (κ3) is 5.24. The van der Waals surface area contributed by atoms with E-state index in [0.717, 1.165) is 6.54 Å². The van der Waals surface area contributed by atoms with Crippen molar-refractivity contribution < 1.29 is 0 Å². The molecule has 2 heteroatoms. The molecule has 0 aliphatic rings. The van der Waals surface area contributed by atoms with Gasteiger partial charge < -0.3 is 5.32 Å². The summed E-state index contributed by atoms with van der Waals surface area (Å²) in [4.78, 5) is 1.39. The Morgan fingerprint density at radius 1 is 1.40 bits per heavy atom. The second kappa shape index (κ2) is 6.91. The van der Waals surface area contributed by atoms with Gasteiger partial charge in [-0.25, -0.2) is 0 Å². The van der Waals surface area contributed by atoms with Crippen LogP contribution in [0.3, 0.4) is 0 Å². The highest BCUT2D eigenvalue weighted by atomic mass is 32.2. The van der Waals surface area contributed by atoms with Gasteiger partial charge in [0.2, 0.25) is 0 Å². The average Bonchev–Trinajstić information content (AvgIpc) is 2.18. The van der Waals surface area contributed by atoms with Crippen LogP contribution < -0.4 is 5.32 Å². The van der Waals surface area contributed by atoms with Crippen LogP contribution in [0.1, 0.15) is 25.8 Å². The molecule has 0 aliphatic carbocycles. The molecule has 0 aliphatic heterocycles. The zero-order valence-corrected chi connectivity index (χ0v) is 10.7. The molecule has 1 nitrogen and oxygen atoms in total. The van der Waals surface area contributed by atoms with Crippen molar-refractivity contribution in [3.8, 4) is 0 Å². The van der Waals surface area contributed by atoms with Crippen molar-refractivity contribution in [2.24, 2.45) is 0 Å². The molecular weight excluding hydrogens is 202 g/mol. The van der Waals surface area contributed by atoms with Gasteiger partial charge in [0.05, 0.1) is 0 Å². The quantitative estimate of drug-likeness (QED) is 0.741. The van der Waals surface area contributed by atoms with E-state index in [-0.39, 0.29) is 0 Å². The minimum atomic E-state index is 0.632. The van der Waals surface area contributed by atoms with Gasteiger partial charge in [0, 0.05) is 10.9 Å². The van der Waals surface area contributed by atoms with Gasteiger partial charge in [-0.3, -0.25) is 0 Å². The highest BCUT2D eigenvalue weighted by molar-refractivity contribution is 7.99. The van der Waals surface area contributed by atoms with Crippen LogP contribution in [0.15, 0.2) is 29.2 Å². The van der Waals surface area contributed by atoms with Crippen LogP contribution in [0.2, 0.25) is 0 Å². The van der Waals surface area contributed by atoms with E-state index >= 15 is 0 Å². The molecule has 0 aromatic heterocycles. The van der Waals surface area contributed by atoms with Gasteiger partial charge in [-0.15, -0.1) is 11.8 Å². The third-order valence-corrected chi connectivity index (χ3v) is 3.39. The number of rotatable bonds is 6. The summed E-state index contributed by atoms with van der Waals surface area (Å²) >= 11 is 1.95. The Morgan fingerprint density at radius 2 is 2.20 bits per heavy atom. The zero-order chi connectivity index (χ0) is 11.1. The molecule has 1 atom stereocenters. The van der Waals surface area contributed by atoms with Gasteiger partial charge in [-0.1, -0.05) is 24.6 Å². The highest BCUT2D eigenvalue weighted by Gasteiger charge is 2.00. The van der Waals surface area contributed by atoms with Gasteiger partial charge in [0.15, 0.2) is 0 Å². The van der Waals surface area contributed by atoms with Crippen LogP contribution in [-0.2, 0) is 0 Å². The SMILES string of the molecule is CCNC(C)CCSc1cccc(C)c1. The average molecular weight is 223 g/mol. The Kier molecular flexibility index (Phi) is 5.81. The second-order valence-electron chi connectivity index (χ2n) is 3.91. The lowest BCUT2D eigenvalue weighted by molar-refractivity contribution is 0.556. The first-order valence-corrected chi connectivity index (χ1v) is 6.63. The number of thioether (sulfide) groups is 1. The maximum Gasteiger partial charge on any atom is 0.00745 e. The molecule has 84 valence electrons. The van der Waals surface area contributed by atoms with Gasteiger partial charge in [0.1, 0.15) is 0 Å². The predicted octanol–water partition coefficient (Wildman–Crippen LogP) is 3.48. The first kappa shape index (κ1) is 12.6. The molecule has 0 saturated heterocycles. The Balaban J connectivity index is 2.25. The van der Waals surface area contributed by atoms with E-state index in [4.69, 9.17) is 0 Å². The van der Waals surface area contributed by atoms with Gasteiger partial charge in [-0.05, 0) is 44.7 Å². The number of nitrogens with one attached hydrogen (secondary N) is 1. The molecule has 0 bridgehead atoms. The molecular formula is C13H21NS. The van der Waals surface area contributed by atoms with Crippen molar-refractivity contribution in [3.63, 3.8) is 0 Å². The molecule has 1 unspecified atom stereocenters. The number of aryl methyl sites for hydroxylation is 1. The number of hydrogen-bond acceptors (Lipinski definition) is 2. The summed E-state index contributed by atoms with van der Waals surface area (Å²) in [5, 5.41) is 3.43. The minimum absolute atomic E-state index is 0.632. The van der Waals surface area contributed by atoms with Crippen molar-refractivity contribution in [2.45, 2.75) is 38.1 Å². The molecule has 0 spiro atoms. The lowest BCUT2D eigenvalue weighted by Gasteiger charge is -2.11. The topological polar surface area (TPSA) is 12.0 Å². The van der Waals surface area contributed by atoms with Crippen LogP contribution in [0.4, 0.5) is 0 Å². The van der Waals surface area contributed by atoms with Crippen LogP contribution in [0, 0.1) is 6.92 Å². The smallest absolute Gasteiger partial charge is 0.00745 e. The monoisotopic (exact) mass is 223 g/mol. The summed E-state index contributed by atoms with van der Waals surface area (Å²) in [5.41, 5.74) is 1.35. The predicted molar refractivity (Wildman–Crippen MR) is 69.7 cm³/mol. The number of benzene rings is 1. The maximum absolute atomic E-state index is 3.43. The molecule has 1 N–H and O–H groups in total. The van der Waals surface area contributed by atoms with Crippen LogP contribution in [0.5, 0.6) is 0 Å². The molecule has 15 heavy (non-hydrogen) atoms. The third-order valence-electron chi connectivity index (χ3n) is 2.36. The van der Waals surface area contributed by atoms with E-state index in [2.05, 4.69) is 50.4 Å². The summed E-state index contributed by atoms with van der Waals surface area (Å²) in [5.74, 6) is 1.19. The fraction of sp³-hybridized carbons (Fsp3) is 0.538. The summed E-state index contributed by atoms with van der Waals surface area (Å²) < 4.78 is 0. The van der Waals surface area contributed by atoms with E-state index in [1.807, 2.05) is 11.8 Å². The summed E-state index contributed by atoms with van der Waals surface area (Å²) in [7, 11) is 0. The first-order chi connectivity index (χ1) is 7.22. The van der Waals surface area contributed by atoms with Crippen molar-refractivity contribution in [2.75, 3.05) is 12.3 Å². The molecule has 1 aromatic rings. The van der Waals surface area contributed by atoms with E-state index in [1.54, 1.807) is 0 Å². The van der Waals surface area contributed by atoms with E-state index in [9.17, 15) is 0 Å². The second-order valence-corrected chi connectivity index (χ2v) is 5.08. The molecule has 0 fully saturated rings. The lowest BCUT2D eigenvalue weighted by Crippen LogP contribution is -2.25. The van der Waals surface area contributed by atoms with E-state index in [0.29, 0.717) is 6.04 Å². The van der Waals surface area contributed by atoms with Gasteiger partial charge in [-0.2, -0.15) is 0 Å². The Labute approximate surface area is 97.7 Å². The van der Waals surface area contributed by atoms with Crippen LogP contribution in [-0.4, -0.2) is 18.3 Å². The van der Waals surface area contributed by atoms with Crippen LogP contribution >= 0.6 is 11.8 Å². The molecule has 0 heterocycles. The molecule has 0 saturated carbocycles. The summed E-state index contributed by atoms with van der Waals surface area (Å²) in [6.45, 7) is 7.62. The first-order valence-electron chi connectivity index (χ1n) is 5.65. The van der Waals surface area contributed by atoms with Crippen molar-refractivity contribution in [1.29, 1.82) is 0 Å². The maximum atomic E-state index is 3.43. The van der Waals surface area contributed by atoms with E-state index in [1.165, 1.54) is 22.6 Å². The molecule has 1 aromatic carbocycles. The Hall–Kier alpha value is -0.470. The fourth-order valence-corrected chi connectivity index (χ4v) is 2.66. The largest absolute Gasteiger partial charge is 0.315 e. The minimum Gasteiger partial charge on any atom is -0.315 e. The molecule has 0 radical (unpaired) electrons. The van der Waals surface area contributed by atoms with Crippen molar-refractivity contribution >= 4 is 11.8 Å². The Bertz CT molecular complexity index is 286. The van der Waals surface area contributed by atoms with E-state index < -0.39 is 0 Å². The number of hydrogen-bond donors (Lipinski definition) is 1. The van der Waals surface area contributed by atoms with Crippen molar-refractivity contribution in [3.05, 3.63) is 29.8 Å². The standard InChI is InChI=1S/C13H21NS/c1-4-14-12(3)8-9-15-13-7-5-6-11(2)10-13/h5-7,10,12,14H,4,8-9H2,1-3H3. The normalized spacial score (nSPS) is 12.7. The molecule has 1 rings (SSSR count). The highest BCUT2D eigenvalue weighted by Crippen LogP contribution is 2.20. The van der Waals surface area contributed by atoms with Crippen LogP contribution in [0.25, 0.3) is 0 Å². The van der Waals surface area contributed by atoms with Crippen molar-refractivity contribution in [1.82, 2.24) is 5.32 Å². The fourth-order valence-electron chi connectivity index (χ4n) is 1.51. The summed E-state index contributed by atoms with van der Waals surface area (Å²) in [6.07, 6.45) is 1.23. The van der Waals surface area contributed by atoms with Gasteiger partial charge in [0.25, 0.3) is 0 Å². The zero-order valence-electron chi connectivity index (χ0n) is 9.92. The summed E-state index contributed by atoms with van der Waals surface area (Å²) in [6, 6.07) is 9.35. The Morgan fingerprint density at radius 3 is 2.87 bits per heavy atom. The lowest BCUT2D eigenvalue weighted by atomic mass is 10.2. The molecule has 0 amide bonds. The van der Waals surface area contributed by atoms with Gasteiger partial charge >= 0.3 is 0 Å².